The van der Waals surface area contributed by atoms with Gasteiger partial charge in [0, 0.05) is 17.7 Å². The van der Waals surface area contributed by atoms with Crippen LogP contribution >= 0.6 is 0 Å². The number of nitro groups is 1. The van der Waals surface area contributed by atoms with E-state index in [-0.39, 0.29) is 11.3 Å². The molecule has 2 aromatic carbocycles. The van der Waals surface area contributed by atoms with Crippen LogP contribution in [-0.4, -0.2) is 10.7 Å². The minimum Gasteiger partial charge on any atom is -0.292 e. The number of non-ortho nitro benzene ring substituents is 1. The van der Waals surface area contributed by atoms with Crippen molar-refractivity contribution in [3.05, 3.63) is 75.3 Å². The predicted octanol–water partition coefficient (Wildman–Crippen LogP) is 3.39. The number of benzene rings is 2. The van der Waals surface area contributed by atoms with Crippen LogP contribution in [0.2, 0.25) is 0 Å². The molecule has 0 radical (unpaired) electrons. The molecule has 1 unspecified atom stereocenters. The number of ketones is 1. The second kappa shape index (κ2) is 5.97. The van der Waals surface area contributed by atoms with Gasteiger partial charge in [0.2, 0.25) is 0 Å². The van der Waals surface area contributed by atoms with Crippen LogP contribution in [0.3, 0.4) is 0 Å². The SMILES string of the molecule is Cc1ccc([N+](=O)[O-])cc1C(=O)C(C#N)c1ccccc1. The number of carbonyl (C=O) groups excluding carboxylic acids is 1. The van der Waals surface area contributed by atoms with Crippen LogP contribution in [0.25, 0.3) is 0 Å². The van der Waals surface area contributed by atoms with Crippen LogP contribution < -0.4 is 0 Å². The quantitative estimate of drug-likeness (QED) is 0.488. The number of nitro benzene ring substituents is 1. The lowest BCUT2D eigenvalue weighted by molar-refractivity contribution is -0.384. The highest BCUT2D eigenvalue weighted by Crippen LogP contribution is 2.25. The van der Waals surface area contributed by atoms with Crippen LogP contribution in [0.15, 0.2) is 48.5 Å². The normalized spacial score (nSPS) is 11.4. The van der Waals surface area contributed by atoms with Gasteiger partial charge in [-0.2, -0.15) is 5.26 Å². The van der Waals surface area contributed by atoms with Crippen molar-refractivity contribution in [3.8, 4) is 6.07 Å². The molecule has 5 heteroatoms. The molecule has 0 fully saturated rings. The lowest BCUT2D eigenvalue weighted by Gasteiger charge is -2.10. The van der Waals surface area contributed by atoms with E-state index < -0.39 is 16.6 Å². The Morgan fingerprint density at radius 1 is 1.24 bits per heavy atom. The maximum atomic E-state index is 12.5. The molecule has 0 heterocycles. The van der Waals surface area contributed by atoms with Gasteiger partial charge in [0.15, 0.2) is 5.78 Å². The Morgan fingerprint density at radius 3 is 2.48 bits per heavy atom. The Bertz CT molecular complexity index is 733. The van der Waals surface area contributed by atoms with Crippen LogP contribution in [-0.2, 0) is 0 Å². The summed E-state index contributed by atoms with van der Waals surface area (Å²) < 4.78 is 0. The standard InChI is InChI=1S/C16H12N2O3/c1-11-7-8-13(18(20)21)9-14(11)16(19)15(10-17)12-5-3-2-4-6-12/h2-9,15H,1H3. The smallest absolute Gasteiger partial charge is 0.270 e. The highest BCUT2D eigenvalue weighted by atomic mass is 16.6. The molecule has 0 aliphatic heterocycles. The minimum absolute atomic E-state index is 0.159. The molecular formula is C16H12N2O3. The third kappa shape index (κ3) is 2.95. The molecule has 1 atom stereocenters. The molecule has 21 heavy (non-hydrogen) atoms. The van der Waals surface area contributed by atoms with Crippen LogP contribution in [0.4, 0.5) is 5.69 Å². The van der Waals surface area contributed by atoms with Gasteiger partial charge in [-0.25, -0.2) is 0 Å². The second-order valence-corrected chi connectivity index (χ2v) is 4.59. The zero-order valence-electron chi connectivity index (χ0n) is 11.3. The van der Waals surface area contributed by atoms with Crippen molar-refractivity contribution in [2.24, 2.45) is 0 Å². The summed E-state index contributed by atoms with van der Waals surface area (Å²) in [5, 5.41) is 20.1. The van der Waals surface area contributed by atoms with Gasteiger partial charge in [-0.15, -0.1) is 0 Å². The fourth-order valence-electron chi connectivity index (χ4n) is 2.07. The van der Waals surface area contributed by atoms with E-state index in [0.29, 0.717) is 11.1 Å². The molecule has 0 N–H and O–H groups in total. The van der Waals surface area contributed by atoms with Crippen molar-refractivity contribution in [2.75, 3.05) is 0 Å². The summed E-state index contributed by atoms with van der Waals surface area (Å²) >= 11 is 0. The molecule has 0 amide bonds. The molecule has 2 aromatic rings. The van der Waals surface area contributed by atoms with Crippen molar-refractivity contribution in [1.82, 2.24) is 0 Å². The lowest BCUT2D eigenvalue weighted by atomic mass is 9.90. The summed E-state index contributed by atoms with van der Waals surface area (Å²) in [5.74, 6) is -1.39. The van der Waals surface area contributed by atoms with Crippen molar-refractivity contribution in [2.45, 2.75) is 12.8 Å². The van der Waals surface area contributed by atoms with Gasteiger partial charge >= 0.3 is 0 Å². The summed E-state index contributed by atoms with van der Waals surface area (Å²) in [5.41, 5.74) is 1.24. The molecule has 2 rings (SSSR count). The zero-order valence-corrected chi connectivity index (χ0v) is 11.3. The van der Waals surface area contributed by atoms with Crippen molar-refractivity contribution in [3.63, 3.8) is 0 Å². The van der Waals surface area contributed by atoms with Gasteiger partial charge in [-0.3, -0.25) is 14.9 Å². The summed E-state index contributed by atoms with van der Waals surface area (Å²) in [6.45, 7) is 1.69. The van der Waals surface area contributed by atoms with Gasteiger partial charge in [0.05, 0.1) is 11.0 Å². The number of aryl methyl sites for hydroxylation is 1. The predicted molar refractivity (Wildman–Crippen MR) is 77.0 cm³/mol. The first-order chi connectivity index (χ1) is 10.0. The Hall–Kier alpha value is -3.00. The van der Waals surface area contributed by atoms with E-state index in [9.17, 15) is 20.2 Å². The summed E-state index contributed by atoms with van der Waals surface area (Å²) in [4.78, 5) is 22.8. The maximum Gasteiger partial charge on any atom is 0.270 e. The van der Waals surface area contributed by atoms with E-state index >= 15 is 0 Å². The summed E-state index contributed by atoms with van der Waals surface area (Å²) in [6.07, 6.45) is 0. The molecule has 0 aliphatic rings. The van der Waals surface area contributed by atoms with Gasteiger partial charge < -0.3 is 0 Å². The zero-order chi connectivity index (χ0) is 15.4. The lowest BCUT2D eigenvalue weighted by Crippen LogP contribution is -2.13. The number of nitrogens with zero attached hydrogens (tertiary/aromatic N) is 2. The molecule has 0 saturated heterocycles. The van der Waals surface area contributed by atoms with Crippen molar-refractivity contribution >= 4 is 11.5 Å². The molecule has 104 valence electrons. The first-order valence-electron chi connectivity index (χ1n) is 6.28. The molecule has 0 aromatic heterocycles. The number of carbonyl (C=O) groups is 1. The van der Waals surface area contributed by atoms with E-state index in [4.69, 9.17) is 0 Å². The van der Waals surface area contributed by atoms with Crippen LogP contribution in [0.5, 0.6) is 0 Å². The molecule has 0 bridgehead atoms. The van der Waals surface area contributed by atoms with Crippen molar-refractivity contribution < 1.29 is 9.72 Å². The van der Waals surface area contributed by atoms with Gasteiger partial charge in [-0.05, 0) is 18.1 Å². The average Bonchev–Trinajstić information content (AvgIpc) is 2.49. The van der Waals surface area contributed by atoms with Crippen LogP contribution in [0.1, 0.15) is 27.4 Å². The van der Waals surface area contributed by atoms with Gasteiger partial charge in [0.1, 0.15) is 5.92 Å². The first-order valence-corrected chi connectivity index (χ1v) is 6.28. The largest absolute Gasteiger partial charge is 0.292 e. The Morgan fingerprint density at radius 2 is 1.90 bits per heavy atom. The second-order valence-electron chi connectivity index (χ2n) is 4.59. The third-order valence-electron chi connectivity index (χ3n) is 3.22. The monoisotopic (exact) mass is 280 g/mol. The Labute approximate surface area is 121 Å². The van der Waals surface area contributed by atoms with Gasteiger partial charge in [0.25, 0.3) is 5.69 Å². The van der Waals surface area contributed by atoms with E-state index in [1.54, 1.807) is 37.3 Å². The Balaban J connectivity index is 2.46. The molecule has 5 nitrogen and oxygen atoms in total. The van der Waals surface area contributed by atoms with E-state index in [0.717, 1.165) is 0 Å². The number of rotatable bonds is 4. The van der Waals surface area contributed by atoms with Gasteiger partial charge in [-0.1, -0.05) is 36.4 Å². The summed E-state index contributed by atoms with van der Waals surface area (Å²) in [7, 11) is 0. The summed E-state index contributed by atoms with van der Waals surface area (Å²) in [6, 6.07) is 14.7. The minimum atomic E-state index is -0.966. The highest BCUT2D eigenvalue weighted by Gasteiger charge is 2.24. The maximum absolute atomic E-state index is 12.5. The fraction of sp³-hybridized carbons (Fsp3) is 0.125. The van der Waals surface area contributed by atoms with E-state index in [1.807, 2.05) is 6.07 Å². The molecule has 0 saturated carbocycles. The Kier molecular flexibility index (Phi) is 4.10. The average molecular weight is 280 g/mol. The fourth-order valence-corrected chi connectivity index (χ4v) is 2.07. The molecule has 0 spiro atoms. The van der Waals surface area contributed by atoms with E-state index in [1.165, 1.54) is 18.2 Å². The number of hydrogen-bond acceptors (Lipinski definition) is 4. The molecule has 0 aliphatic carbocycles. The number of hydrogen-bond donors (Lipinski definition) is 0. The third-order valence-corrected chi connectivity index (χ3v) is 3.22. The highest BCUT2D eigenvalue weighted by molar-refractivity contribution is 6.04. The molecular weight excluding hydrogens is 268 g/mol. The van der Waals surface area contributed by atoms with E-state index in [2.05, 4.69) is 0 Å². The van der Waals surface area contributed by atoms with Crippen molar-refractivity contribution in [1.29, 1.82) is 5.26 Å². The number of nitriles is 1. The topological polar surface area (TPSA) is 84.0 Å². The first kappa shape index (κ1) is 14.4. The van der Waals surface area contributed by atoms with Crippen LogP contribution in [0, 0.1) is 28.4 Å². The number of Topliss-reactive ketones (excluding diaryl/α,β-unsaturated/α-hetero) is 1.